The molecule has 1 aliphatic rings. The van der Waals surface area contributed by atoms with E-state index in [1.807, 2.05) is 13.8 Å². The van der Waals surface area contributed by atoms with E-state index in [-0.39, 0.29) is 17.1 Å². The van der Waals surface area contributed by atoms with Gasteiger partial charge in [0.15, 0.2) is 0 Å². The third-order valence-corrected chi connectivity index (χ3v) is 8.76. The summed E-state index contributed by atoms with van der Waals surface area (Å²) in [5.41, 5.74) is 5.66. The molecule has 1 fully saturated rings. The first-order chi connectivity index (χ1) is 17.5. The summed E-state index contributed by atoms with van der Waals surface area (Å²) in [4.78, 5) is 0. The molecule has 0 radical (unpaired) electrons. The van der Waals surface area contributed by atoms with Gasteiger partial charge in [0.2, 0.25) is 0 Å². The molecule has 4 heteroatoms. The van der Waals surface area contributed by atoms with Gasteiger partial charge >= 0.3 is 0 Å². The second-order valence-electron chi connectivity index (χ2n) is 11.7. The predicted molar refractivity (Wildman–Crippen MR) is 153 cm³/mol. The van der Waals surface area contributed by atoms with Crippen LogP contribution in [-0.4, -0.2) is 42.2 Å². The molecule has 0 amide bonds. The maximum atomic E-state index is 10.7. The van der Waals surface area contributed by atoms with Gasteiger partial charge < -0.3 is 19.3 Å². The second-order valence-corrected chi connectivity index (χ2v) is 11.7. The van der Waals surface area contributed by atoms with Crippen molar-refractivity contribution in [2.45, 2.75) is 117 Å². The number of ether oxygens (including phenoxy) is 3. The SMILES string of the molecule is CCC(O)(CC)CCc1ccc(C(CC)(CC)c2ccc(OCC3COC(C)(C)CO3)c(C)c2)cc1C. The highest BCUT2D eigenvalue weighted by atomic mass is 16.6. The normalized spacial score (nSPS) is 18.1. The summed E-state index contributed by atoms with van der Waals surface area (Å²) in [5.74, 6) is 0.907. The van der Waals surface area contributed by atoms with Crippen molar-refractivity contribution in [3.05, 3.63) is 64.2 Å². The van der Waals surface area contributed by atoms with Gasteiger partial charge in [-0.2, -0.15) is 0 Å². The Hall–Kier alpha value is -1.88. The first kappa shape index (κ1) is 29.7. The van der Waals surface area contributed by atoms with Crippen LogP contribution in [0.3, 0.4) is 0 Å². The molecule has 2 aromatic rings. The van der Waals surface area contributed by atoms with Crippen molar-refractivity contribution in [2.75, 3.05) is 19.8 Å². The fourth-order valence-corrected chi connectivity index (χ4v) is 5.59. The standard InChI is InChI=1S/C33H50O4/c1-9-32(34,10-2)18-17-26-13-14-27(19-24(26)5)33(11-3,12-4)28-15-16-30(25(6)20-28)35-21-29-22-37-31(7,8)23-36-29/h13-16,19-20,29,34H,9-12,17-18,21-23H2,1-8H3. The molecule has 0 aliphatic carbocycles. The maximum absolute atomic E-state index is 10.7. The summed E-state index contributed by atoms with van der Waals surface area (Å²) in [5, 5.41) is 10.7. The van der Waals surface area contributed by atoms with E-state index in [1.165, 1.54) is 22.3 Å². The lowest BCUT2D eigenvalue weighted by molar-refractivity contribution is -0.181. The van der Waals surface area contributed by atoms with Crippen LogP contribution in [0.15, 0.2) is 36.4 Å². The lowest BCUT2D eigenvalue weighted by atomic mass is 9.69. The van der Waals surface area contributed by atoms with Gasteiger partial charge in [0.1, 0.15) is 18.5 Å². The number of aliphatic hydroxyl groups is 1. The molecule has 2 aromatic carbocycles. The molecule has 206 valence electrons. The van der Waals surface area contributed by atoms with E-state index in [0.717, 1.165) is 49.8 Å². The van der Waals surface area contributed by atoms with E-state index >= 15 is 0 Å². The van der Waals surface area contributed by atoms with E-state index in [2.05, 4.69) is 77.9 Å². The summed E-state index contributed by atoms with van der Waals surface area (Å²) >= 11 is 0. The molecule has 0 aromatic heterocycles. The third-order valence-electron chi connectivity index (χ3n) is 8.76. The monoisotopic (exact) mass is 510 g/mol. The van der Waals surface area contributed by atoms with Gasteiger partial charge in [-0.3, -0.25) is 0 Å². The van der Waals surface area contributed by atoms with E-state index in [0.29, 0.717) is 19.8 Å². The first-order valence-electron chi connectivity index (χ1n) is 14.3. The topological polar surface area (TPSA) is 47.9 Å². The molecule has 0 saturated carbocycles. The second kappa shape index (κ2) is 12.3. The Morgan fingerprint density at radius 3 is 2.05 bits per heavy atom. The number of benzene rings is 2. The minimum atomic E-state index is -0.560. The average Bonchev–Trinajstić information content (AvgIpc) is 2.89. The Bertz CT molecular complexity index is 1010. The predicted octanol–water partition coefficient (Wildman–Crippen LogP) is 7.47. The molecule has 1 aliphatic heterocycles. The maximum Gasteiger partial charge on any atom is 0.122 e. The van der Waals surface area contributed by atoms with Crippen molar-refractivity contribution < 1.29 is 19.3 Å². The molecule has 1 unspecified atom stereocenters. The summed E-state index contributed by atoms with van der Waals surface area (Å²) < 4.78 is 18.0. The van der Waals surface area contributed by atoms with Crippen LogP contribution in [-0.2, 0) is 21.3 Å². The fraction of sp³-hybridized carbons (Fsp3) is 0.636. The highest BCUT2D eigenvalue weighted by molar-refractivity contribution is 5.47. The Labute approximate surface area is 225 Å². The van der Waals surface area contributed by atoms with Gasteiger partial charge in [-0.15, -0.1) is 0 Å². The zero-order chi connectivity index (χ0) is 27.3. The number of hydrogen-bond acceptors (Lipinski definition) is 4. The average molecular weight is 511 g/mol. The Morgan fingerprint density at radius 2 is 1.54 bits per heavy atom. The van der Waals surface area contributed by atoms with E-state index in [9.17, 15) is 5.11 Å². The van der Waals surface area contributed by atoms with Crippen LogP contribution < -0.4 is 4.74 Å². The third kappa shape index (κ3) is 6.96. The zero-order valence-electron chi connectivity index (χ0n) is 24.6. The summed E-state index contributed by atoms with van der Waals surface area (Å²) in [6, 6.07) is 13.6. The van der Waals surface area contributed by atoms with E-state index < -0.39 is 5.60 Å². The minimum absolute atomic E-state index is 0.0374. The summed E-state index contributed by atoms with van der Waals surface area (Å²) in [7, 11) is 0. The van der Waals surface area contributed by atoms with Crippen molar-refractivity contribution in [2.24, 2.45) is 0 Å². The van der Waals surface area contributed by atoms with Gasteiger partial charge in [-0.25, -0.2) is 0 Å². The number of rotatable bonds is 12. The van der Waals surface area contributed by atoms with Gasteiger partial charge in [0.25, 0.3) is 0 Å². The molecule has 0 spiro atoms. The highest BCUT2D eigenvalue weighted by Gasteiger charge is 2.32. The number of hydrogen-bond donors (Lipinski definition) is 1. The Kier molecular flexibility index (Phi) is 9.88. The lowest BCUT2D eigenvalue weighted by Crippen LogP contribution is -2.44. The van der Waals surface area contributed by atoms with Gasteiger partial charge in [0, 0.05) is 5.41 Å². The largest absolute Gasteiger partial charge is 0.491 e. The summed E-state index contributed by atoms with van der Waals surface area (Å²) in [6.07, 6.45) is 5.33. The molecule has 0 bridgehead atoms. The molecular formula is C33H50O4. The van der Waals surface area contributed by atoms with Crippen molar-refractivity contribution in [3.8, 4) is 5.75 Å². The lowest BCUT2D eigenvalue weighted by Gasteiger charge is -2.35. The molecule has 3 rings (SSSR count). The Balaban J connectivity index is 1.77. The van der Waals surface area contributed by atoms with Crippen LogP contribution in [0.5, 0.6) is 5.75 Å². The fourth-order valence-electron chi connectivity index (χ4n) is 5.59. The summed E-state index contributed by atoms with van der Waals surface area (Å²) in [6.45, 7) is 18.8. The van der Waals surface area contributed by atoms with Crippen LogP contribution in [0.2, 0.25) is 0 Å². The van der Waals surface area contributed by atoms with Crippen LogP contribution in [0, 0.1) is 13.8 Å². The van der Waals surface area contributed by atoms with Gasteiger partial charge in [-0.05, 0) is 100 Å². The quantitative estimate of drug-likeness (QED) is 0.322. The molecular weight excluding hydrogens is 460 g/mol. The molecule has 1 atom stereocenters. The van der Waals surface area contributed by atoms with Crippen LogP contribution in [0.25, 0.3) is 0 Å². The molecule has 1 heterocycles. The number of aryl methyl sites for hydroxylation is 3. The van der Waals surface area contributed by atoms with Crippen molar-refractivity contribution in [1.29, 1.82) is 0 Å². The van der Waals surface area contributed by atoms with Crippen molar-refractivity contribution in [3.63, 3.8) is 0 Å². The minimum Gasteiger partial charge on any atom is -0.491 e. The molecule has 37 heavy (non-hydrogen) atoms. The van der Waals surface area contributed by atoms with Crippen LogP contribution >= 0.6 is 0 Å². The van der Waals surface area contributed by atoms with Crippen LogP contribution in [0.1, 0.15) is 101 Å². The van der Waals surface area contributed by atoms with Crippen molar-refractivity contribution in [1.82, 2.24) is 0 Å². The van der Waals surface area contributed by atoms with Gasteiger partial charge in [-0.1, -0.05) is 58.0 Å². The van der Waals surface area contributed by atoms with Crippen LogP contribution in [0.4, 0.5) is 0 Å². The highest BCUT2D eigenvalue weighted by Crippen LogP contribution is 2.41. The molecule has 1 saturated heterocycles. The Morgan fingerprint density at radius 1 is 0.919 bits per heavy atom. The molecule has 4 nitrogen and oxygen atoms in total. The van der Waals surface area contributed by atoms with E-state index in [1.54, 1.807) is 0 Å². The first-order valence-corrected chi connectivity index (χ1v) is 14.3. The van der Waals surface area contributed by atoms with Gasteiger partial charge in [0.05, 0.1) is 24.4 Å². The van der Waals surface area contributed by atoms with E-state index in [4.69, 9.17) is 14.2 Å². The smallest absolute Gasteiger partial charge is 0.122 e. The zero-order valence-corrected chi connectivity index (χ0v) is 24.6. The van der Waals surface area contributed by atoms with Crippen molar-refractivity contribution >= 4 is 0 Å². The molecule has 1 N–H and O–H groups in total.